The Bertz CT molecular complexity index is 1220. The smallest absolute Gasteiger partial charge is 0.125 e. The van der Waals surface area contributed by atoms with E-state index >= 15 is 0 Å². The van der Waals surface area contributed by atoms with Gasteiger partial charge in [0.2, 0.25) is 0 Å². The van der Waals surface area contributed by atoms with E-state index in [0.29, 0.717) is 5.56 Å². The monoisotopic (exact) mass is 371 g/mol. The Morgan fingerprint density at radius 2 is 2.19 bits per heavy atom. The Morgan fingerprint density at radius 3 is 3.04 bits per heavy atom. The fraction of sp³-hybridized carbons (Fsp3) is 0.143. The predicted octanol–water partition coefficient (Wildman–Crippen LogP) is 4.77. The Morgan fingerprint density at radius 1 is 1.22 bits per heavy atom. The topological polar surface area (TPSA) is 76.5 Å². The molecule has 4 heterocycles. The van der Waals surface area contributed by atoms with Crippen LogP contribution in [0, 0.1) is 11.3 Å². The van der Waals surface area contributed by atoms with Crippen molar-refractivity contribution >= 4 is 49.4 Å². The molecule has 0 atom stereocenters. The van der Waals surface area contributed by atoms with Gasteiger partial charge in [-0.05, 0) is 42.8 Å². The average Bonchev–Trinajstić information content (AvgIpc) is 3.36. The van der Waals surface area contributed by atoms with Crippen LogP contribution in [0.15, 0.2) is 48.8 Å². The number of nitrogens with one attached hydrogen (secondary N) is 3. The van der Waals surface area contributed by atoms with Gasteiger partial charge in [0, 0.05) is 45.8 Å². The van der Waals surface area contributed by atoms with Crippen LogP contribution in [0.25, 0.3) is 26.7 Å². The fourth-order valence-corrected chi connectivity index (χ4v) is 4.62. The highest BCUT2D eigenvalue weighted by molar-refractivity contribution is 7.19. The molecule has 1 aliphatic heterocycles. The van der Waals surface area contributed by atoms with Crippen LogP contribution in [0.1, 0.15) is 16.9 Å². The van der Waals surface area contributed by atoms with Crippen LogP contribution in [0.3, 0.4) is 0 Å². The van der Waals surface area contributed by atoms with Crippen LogP contribution in [0.4, 0.5) is 11.4 Å². The molecule has 3 aromatic heterocycles. The van der Waals surface area contributed by atoms with Gasteiger partial charge in [0.05, 0.1) is 11.3 Å². The van der Waals surface area contributed by atoms with Crippen LogP contribution >= 0.6 is 11.3 Å². The van der Waals surface area contributed by atoms with Gasteiger partial charge in [-0.2, -0.15) is 5.26 Å². The van der Waals surface area contributed by atoms with Crippen LogP contribution in [-0.2, 0) is 0 Å². The number of thiophene rings is 1. The van der Waals surface area contributed by atoms with Crippen molar-refractivity contribution in [3.05, 3.63) is 59.2 Å². The molecule has 0 radical (unpaired) electrons. The minimum atomic E-state index is 0.554. The molecule has 0 amide bonds. The molecule has 5 rings (SSSR count). The van der Waals surface area contributed by atoms with Crippen molar-refractivity contribution in [1.29, 1.82) is 5.26 Å². The SMILES string of the molecule is N#Cc1cnc2sc(C3=CCNCC3)cc2c1Nc1cccc2[nH]ccc12. The molecule has 27 heavy (non-hydrogen) atoms. The summed E-state index contributed by atoms with van der Waals surface area (Å²) in [5.41, 5.74) is 4.78. The second-order valence-electron chi connectivity index (χ2n) is 6.54. The standard InChI is InChI=1S/C21H17N5S/c22-11-14-12-25-21-16(10-19(27-21)13-4-7-23-8-5-13)20(14)26-18-3-1-2-17-15(18)6-9-24-17/h1-4,6,9-10,12,23-24H,5,7-8H2,(H,25,26). The van der Waals surface area contributed by atoms with Crippen LogP contribution in [0.2, 0.25) is 0 Å². The van der Waals surface area contributed by atoms with E-state index in [-0.39, 0.29) is 0 Å². The second-order valence-corrected chi connectivity index (χ2v) is 7.57. The van der Waals surface area contributed by atoms with Gasteiger partial charge in [0.25, 0.3) is 0 Å². The van der Waals surface area contributed by atoms with Crippen LogP contribution in [0.5, 0.6) is 0 Å². The minimum absolute atomic E-state index is 0.554. The lowest BCUT2D eigenvalue weighted by molar-refractivity contribution is 0.739. The quantitative estimate of drug-likeness (QED) is 0.485. The van der Waals surface area contributed by atoms with Gasteiger partial charge in [0.1, 0.15) is 10.9 Å². The molecule has 5 nitrogen and oxygen atoms in total. The van der Waals surface area contributed by atoms with E-state index < -0.39 is 0 Å². The number of aromatic nitrogens is 2. The number of nitriles is 1. The maximum atomic E-state index is 9.63. The van der Waals surface area contributed by atoms with E-state index in [4.69, 9.17) is 0 Å². The van der Waals surface area contributed by atoms with E-state index in [0.717, 1.165) is 52.0 Å². The molecule has 3 N–H and O–H groups in total. The molecule has 0 saturated heterocycles. The Labute approximate surface area is 160 Å². The van der Waals surface area contributed by atoms with Crippen molar-refractivity contribution in [2.75, 3.05) is 18.4 Å². The zero-order valence-electron chi connectivity index (χ0n) is 14.5. The number of H-pyrrole nitrogens is 1. The predicted molar refractivity (Wildman–Crippen MR) is 111 cm³/mol. The van der Waals surface area contributed by atoms with Gasteiger partial charge in [0.15, 0.2) is 0 Å². The van der Waals surface area contributed by atoms with Crippen LogP contribution in [-0.4, -0.2) is 23.1 Å². The van der Waals surface area contributed by atoms with Gasteiger partial charge in [-0.15, -0.1) is 11.3 Å². The summed E-state index contributed by atoms with van der Waals surface area (Å²) in [6.45, 7) is 1.90. The molecule has 4 aromatic rings. The first-order valence-electron chi connectivity index (χ1n) is 8.89. The normalized spacial score (nSPS) is 14.3. The number of pyridine rings is 1. The van der Waals surface area contributed by atoms with Crippen molar-refractivity contribution in [2.24, 2.45) is 0 Å². The summed E-state index contributed by atoms with van der Waals surface area (Å²) in [5, 5.41) is 18.6. The Hall–Kier alpha value is -3.14. The number of nitrogens with zero attached hydrogens (tertiary/aromatic N) is 2. The number of hydrogen-bond acceptors (Lipinski definition) is 5. The number of fused-ring (bicyclic) bond motifs is 2. The molecule has 132 valence electrons. The minimum Gasteiger partial charge on any atom is -0.361 e. The van der Waals surface area contributed by atoms with Gasteiger partial charge < -0.3 is 15.6 Å². The third kappa shape index (κ3) is 2.78. The lowest BCUT2D eigenvalue weighted by Crippen LogP contribution is -2.19. The molecule has 0 fully saturated rings. The van der Waals surface area contributed by atoms with Gasteiger partial charge >= 0.3 is 0 Å². The fourth-order valence-electron chi connectivity index (χ4n) is 3.54. The zero-order chi connectivity index (χ0) is 18.2. The average molecular weight is 371 g/mol. The van der Waals surface area contributed by atoms with Gasteiger partial charge in [-0.25, -0.2) is 4.98 Å². The summed E-state index contributed by atoms with van der Waals surface area (Å²) in [6, 6.07) is 12.6. The molecule has 0 spiro atoms. The van der Waals surface area contributed by atoms with E-state index in [9.17, 15) is 5.26 Å². The third-order valence-corrected chi connectivity index (χ3v) is 6.04. The maximum absolute atomic E-state index is 9.63. The van der Waals surface area contributed by atoms with E-state index in [1.54, 1.807) is 17.5 Å². The maximum Gasteiger partial charge on any atom is 0.125 e. The zero-order valence-corrected chi connectivity index (χ0v) is 15.4. The molecule has 1 aliphatic rings. The summed E-state index contributed by atoms with van der Waals surface area (Å²) >= 11 is 1.69. The molecular weight excluding hydrogens is 354 g/mol. The summed E-state index contributed by atoms with van der Waals surface area (Å²) in [6.07, 6.45) is 6.85. The highest BCUT2D eigenvalue weighted by atomic mass is 32.1. The number of anilines is 2. The van der Waals surface area contributed by atoms with E-state index in [1.807, 2.05) is 30.5 Å². The first-order chi connectivity index (χ1) is 13.3. The molecule has 0 aliphatic carbocycles. The van der Waals surface area contributed by atoms with Crippen LogP contribution < -0.4 is 10.6 Å². The van der Waals surface area contributed by atoms with E-state index in [1.165, 1.54) is 10.5 Å². The van der Waals surface area contributed by atoms with Crippen molar-refractivity contribution in [1.82, 2.24) is 15.3 Å². The molecular formula is C21H17N5S. The first kappa shape index (κ1) is 16.1. The number of hydrogen-bond donors (Lipinski definition) is 3. The van der Waals surface area contributed by atoms with Gasteiger partial charge in [-0.1, -0.05) is 12.1 Å². The van der Waals surface area contributed by atoms with Crippen molar-refractivity contribution in [3.63, 3.8) is 0 Å². The first-order valence-corrected chi connectivity index (χ1v) is 9.71. The largest absolute Gasteiger partial charge is 0.361 e. The van der Waals surface area contributed by atoms with E-state index in [2.05, 4.69) is 38.8 Å². The lowest BCUT2D eigenvalue weighted by Gasteiger charge is -2.12. The number of aromatic amines is 1. The second kappa shape index (κ2) is 6.54. The summed E-state index contributed by atoms with van der Waals surface area (Å²) in [5.74, 6) is 0. The summed E-state index contributed by atoms with van der Waals surface area (Å²) in [4.78, 5) is 9.94. The molecule has 0 saturated carbocycles. The van der Waals surface area contributed by atoms with Crippen molar-refractivity contribution < 1.29 is 0 Å². The van der Waals surface area contributed by atoms with Gasteiger partial charge in [-0.3, -0.25) is 0 Å². The number of benzene rings is 1. The molecule has 6 heteroatoms. The lowest BCUT2D eigenvalue weighted by atomic mass is 10.1. The molecule has 1 aromatic carbocycles. The highest BCUT2D eigenvalue weighted by Gasteiger charge is 2.16. The molecule has 0 unspecified atom stereocenters. The summed E-state index contributed by atoms with van der Waals surface area (Å²) < 4.78 is 0. The number of rotatable bonds is 3. The summed E-state index contributed by atoms with van der Waals surface area (Å²) in [7, 11) is 0. The van der Waals surface area contributed by atoms with Crippen molar-refractivity contribution in [2.45, 2.75) is 6.42 Å². The molecule has 0 bridgehead atoms. The highest BCUT2D eigenvalue weighted by Crippen LogP contribution is 2.38. The Balaban J connectivity index is 1.66. The Kier molecular flexibility index (Phi) is 3.89. The third-order valence-electron chi connectivity index (χ3n) is 4.92. The van der Waals surface area contributed by atoms with Crippen molar-refractivity contribution in [3.8, 4) is 6.07 Å².